The Hall–Kier alpha value is -2.31. The summed E-state index contributed by atoms with van der Waals surface area (Å²) in [7, 11) is 1.79. The average molecular weight is 412 g/mol. The summed E-state index contributed by atoms with van der Waals surface area (Å²) in [6.07, 6.45) is 4.27. The second-order valence-electron chi connectivity index (χ2n) is 7.71. The molecule has 2 N–H and O–H groups in total. The maximum atomic E-state index is 12.6. The van der Waals surface area contributed by atoms with Crippen molar-refractivity contribution >= 4 is 29.3 Å². The van der Waals surface area contributed by atoms with Gasteiger partial charge in [0.05, 0.1) is 24.8 Å². The topological polar surface area (TPSA) is 61.4 Å². The summed E-state index contributed by atoms with van der Waals surface area (Å²) in [5.41, 5.74) is 3.17. The van der Waals surface area contributed by atoms with Gasteiger partial charge in [0.2, 0.25) is 11.8 Å². The molecule has 3 rings (SSSR count). The number of nitrogens with one attached hydrogen (secondary N) is 2. The van der Waals surface area contributed by atoms with Gasteiger partial charge >= 0.3 is 0 Å². The molecule has 1 aliphatic carbocycles. The highest BCUT2D eigenvalue weighted by Crippen LogP contribution is 2.41. The predicted octanol–water partition coefficient (Wildman–Crippen LogP) is 3.85. The van der Waals surface area contributed by atoms with Crippen molar-refractivity contribution in [3.63, 3.8) is 0 Å². The van der Waals surface area contributed by atoms with Crippen LogP contribution in [0, 0.1) is 12.8 Å². The third-order valence-electron chi connectivity index (χ3n) is 5.05. The van der Waals surface area contributed by atoms with E-state index in [1.807, 2.05) is 30.5 Å². The highest BCUT2D eigenvalue weighted by atomic mass is 32.2. The first kappa shape index (κ1) is 21.4. The van der Waals surface area contributed by atoms with Crippen molar-refractivity contribution in [2.75, 3.05) is 31.7 Å². The summed E-state index contributed by atoms with van der Waals surface area (Å²) in [6.45, 7) is 2.41. The lowest BCUT2D eigenvalue weighted by Crippen LogP contribution is -2.40. The third-order valence-corrected chi connectivity index (χ3v) is 5.85. The van der Waals surface area contributed by atoms with Gasteiger partial charge in [0.1, 0.15) is 0 Å². The molecule has 0 heterocycles. The highest BCUT2D eigenvalue weighted by molar-refractivity contribution is 7.98. The van der Waals surface area contributed by atoms with Crippen LogP contribution in [0.15, 0.2) is 53.4 Å². The maximum Gasteiger partial charge on any atom is 0.238 e. The molecule has 1 atom stereocenters. The summed E-state index contributed by atoms with van der Waals surface area (Å²) in [5, 5.41) is 6.10. The van der Waals surface area contributed by atoms with Gasteiger partial charge in [-0.3, -0.25) is 14.5 Å². The van der Waals surface area contributed by atoms with Gasteiger partial charge in [0.25, 0.3) is 0 Å². The first-order valence-corrected chi connectivity index (χ1v) is 11.2. The van der Waals surface area contributed by atoms with E-state index >= 15 is 0 Å². The van der Waals surface area contributed by atoms with Crippen molar-refractivity contribution in [3.8, 4) is 0 Å². The molecule has 2 amide bonds. The quantitative estimate of drug-likeness (QED) is 0.615. The number of likely N-dealkylation sites (N-methyl/N-ethyl adjacent to an activating group) is 1. The van der Waals surface area contributed by atoms with Crippen molar-refractivity contribution < 1.29 is 9.59 Å². The van der Waals surface area contributed by atoms with E-state index in [-0.39, 0.29) is 30.9 Å². The zero-order chi connectivity index (χ0) is 20.8. The van der Waals surface area contributed by atoms with E-state index in [9.17, 15) is 9.59 Å². The van der Waals surface area contributed by atoms with E-state index in [4.69, 9.17) is 0 Å². The Balaban J connectivity index is 1.51. The minimum absolute atomic E-state index is 0.0534. The van der Waals surface area contributed by atoms with Crippen LogP contribution in [0.3, 0.4) is 0 Å². The number of benzene rings is 2. The van der Waals surface area contributed by atoms with Crippen molar-refractivity contribution in [1.82, 2.24) is 10.2 Å². The molecule has 1 unspecified atom stereocenters. The van der Waals surface area contributed by atoms with Crippen LogP contribution in [0.4, 0.5) is 5.69 Å². The van der Waals surface area contributed by atoms with E-state index in [0.717, 1.165) is 29.0 Å². The number of hydrogen-bond acceptors (Lipinski definition) is 4. The van der Waals surface area contributed by atoms with Gasteiger partial charge in [0.15, 0.2) is 0 Å². The van der Waals surface area contributed by atoms with Gasteiger partial charge in [-0.1, -0.05) is 42.0 Å². The monoisotopic (exact) mass is 411 g/mol. The lowest BCUT2D eigenvalue weighted by atomic mass is 10.0. The summed E-state index contributed by atoms with van der Waals surface area (Å²) < 4.78 is 0. The second-order valence-corrected chi connectivity index (χ2v) is 8.56. The van der Waals surface area contributed by atoms with Crippen molar-refractivity contribution in [3.05, 3.63) is 59.7 Å². The molecule has 0 aromatic heterocycles. The van der Waals surface area contributed by atoms with Crippen LogP contribution in [0.25, 0.3) is 0 Å². The van der Waals surface area contributed by atoms with Crippen molar-refractivity contribution in [2.24, 2.45) is 5.92 Å². The normalized spacial score (nSPS) is 14.5. The van der Waals surface area contributed by atoms with Crippen LogP contribution in [-0.4, -0.2) is 43.1 Å². The average Bonchev–Trinajstić information content (AvgIpc) is 3.52. The Bertz CT molecular complexity index is 849. The number of carbonyl (C=O) groups excluding carboxylic acids is 2. The molecule has 29 heavy (non-hydrogen) atoms. The van der Waals surface area contributed by atoms with E-state index in [2.05, 4.69) is 41.8 Å². The SMILES string of the molecule is CSc1ccccc1NC(=O)CN(C)CC(=O)NC(c1ccc(C)cc1)C1CC1. The lowest BCUT2D eigenvalue weighted by molar-refractivity contribution is -0.123. The van der Waals surface area contributed by atoms with Gasteiger partial charge in [-0.15, -0.1) is 11.8 Å². The Morgan fingerprint density at radius 2 is 1.72 bits per heavy atom. The Morgan fingerprint density at radius 3 is 2.38 bits per heavy atom. The summed E-state index contributed by atoms with van der Waals surface area (Å²) in [5.74, 6) is 0.333. The molecule has 6 heteroatoms. The van der Waals surface area contributed by atoms with Crippen LogP contribution in [0.2, 0.25) is 0 Å². The largest absolute Gasteiger partial charge is 0.348 e. The summed E-state index contributed by atoms with van der Waals surface area (Å²) >= 11 is 1.59. The molecule has 1 aliphatic rings. The number of rotatable bonds is 9. The molecule has 0 bridgehead atoms. The Kier molecular flexibility index (Phi) is 7.34. The van der Waals surface area contributed by atoms with Crippen LogP contribution >= 0.6 is 11.8 Å². The zero-order valence-electron chi connectivity index (χ0n) is 17.3. The Labute approximate surface area is 177 Å². The summed E-state index contributed by atoms with van der Waals surface area (Å²) in [4.78, 5) is 27.7. The fraction of sp³-hybridized carbons (Fsp3) is 0.391. The molecule has 0 saturated heterocycles. The van der Waals surface area contributed by atoms with Gasteiger partial charge in [-0.2, -0.15) is 0 Å². The molecular formula is C23H29N3O2S. The number of aryl methyl sites for hydroxylation is 1. The molecular weight excluding hydrogens is 382 g/mol. The lowest BCUT2D eigenvalue weighted by Gasteiger charge is -2.22. The van der Waals surface area contributed by atoms with Gasteiger partial charge < -0.3 is 10.6 Å². The van der Waals surface area contributed by atoms with Gasteiger partial charge in [-0.25, -0.2) is 0 Å². The minimum atomic E-state index is -0.126. The molecule has 154 valence electrons. The smallest absolute Gasteiger partial charge is 0.238 e. The van der Waals surface area contributed by atoms with Crippen molar-refractivity contribution in [2.45, 2.75) is 30.7 Å². The van der Waals surface area contributed by atoms with Gasteiger partial charge in [-0.05, 0) is 56.7 Å². The number of carbonyl (C=O) groups is 2. The molecule has 0 radical (unpaired) electrons. The minimum Gasteiger partial charge on any atom is -0.348 e. The van der Waals surface area contributed by atoms with Crippen LogP contribution in [-0.2, 0) is 9.59 Å². The van der Waals surface area contributed by atoms with E-state index in [0.29, 0.717) is 5.92 Å². The second kappa shape index (κ2) is 9.94. The van der Waals surface area contributed by atoms with E-state index in [1.54, 1.807) is 23.7 Å². The van der Waals surface area contributed by atoms with Gasteiger partial charge in [0, 0.05) is 4.90 Å². The first-order chi connectivity index (χ1) is 14.0. The molecule has 1 saturated carbocycles. The number of para-hydroxylation sites is 1. The number of hydrogen-bond donors (Lipinski definition) is 2. The van der Waals surface area contributed by atoms with E-state index < -0.39 is 0 Å². The molecule has 1 fully saturated rings. The zero-order valence-corrected chi connectivity index (χ0v) is 18.1. The Morgan fingerprint density at radius 1 is 1.07 bits per heavy atom. The molecule has 2 aromatic rings. The standard InChI is InChI=1S/C23H29N3O2S/c1-16-8-10-17(11-9-16)23(18-12-13-18)25-22(28)15-26(2)14-21(27)24-19-6-4-5-7-20(19)29-3/h4-11,18,23H,12-15H2,1-3H3,(H,24,27)(H,25,28). The van der Waals surface area contributed by atoms with Crippen LogP contribution in [0.5, 0.6) is 0 Å². The van der Waals surface area contributed by atoms with E-state index in [1.165, 1.54) is 5.56 Å². The molecule has 0 spiro atoms. The van der Waals surface area contributed by atoms with Crippen LogP contribution in [0.1, 0.15) is 30.0 Å². The van der Waals surface area contributed by atoms with Crippen LogP contribution < -0.4 is 10.6 Å². The molecule has 2 aromatic carbocycles. The summed E-state index contributed by atoms with van der Waals surface area (Å²) in [6, 6.07) is 16.1. The highest BCUT2D eigenvalue weighted by Gasteiger charge is 2.33. The fourth-order valence-electron chi connectivity index (χ4n) is 3.38. The number of thioether (sulfide) groups is 1. The number of anilines is 1. The molecule has 5 nitrogen and oxygen atoms in total. The predicted molar refractivity (Wildman–Crippen MR) is 119 cm³/mol. The fourth-order valence-corrected chi connectivity index (χ4v) is 3.93. The number of amides is 2. The maximum absolute atomic E-state index is 12.6. The number of nitrogens with zero attached hydrogens (tertiary/aromatic N) is 1. The third kappa shape index (κ3) is 6.34. The van der Waals surface area contributed by atoms with Crippen molar-refractivity contribution in [1.29, 1.82) is 0 Å². The first-order valence-electron chi connectivity index (χ1n) is 9.93. The molecule has 0 aliphatic heterocycles.